The number of aliphatic hydroxyl groups is 1. The maximum atomic E-state index is 12.7. The molecule has 0 radical (unpaired) electrons. The standard InChI is InChI=1S/C19H19N3O4/c1-11(2)17(10-23)22-9-14(19(25)26)18(24)13-7-15(21-8-16(13)22)12-3-5-20-6-4-12/h3-9,11,17,23H,10H2,1-2H3,(H,25,26)/t17-/m1/s1. The van der Waals surface area contributed by atoms with Crippen LogP contribution < -0.4 is 5.43 Å². The molecule has 0 bridgehead atoms. The number of aromatic nitrogens is 3. The number of rotatable bonds is 5. The first kappa shape index (κ1) is 17.8. The fourth-order valence-electron chi connectivity index (χ4n) is 2.98. The number of fused-ring (bicyclic) bond motifs is 1. The zero-order valence-electron chi connectivity index (χ0n) is 14.5. The minimum Gasteiger partial charge on any atom is -0.477 e. The second kappa shape index (κ2) is 7.05. The van der Waals surface area contributed by atoms with Gasteiger partial charge in [0.2, 0.25) is 5.43 Å². The maximum Gasteiger partial charge on any atom is 0.341 e. The molecule has 134 valence electrons. The van der Waals surface area contributed by atoms with E-state index in [0.717, 1.165) is 5.56 Å². The van der Waals surface area contributed by atoms with Crippen molar-refractivity contribution in [1.29, 1.82) is 0 Å². The summed E-state index contributed by atoms with van der Waals surface area (Å²) in [5.74, 6) is -1.26. The molecule has 0 amide bonds. The molecular formula is C19H19N3O4. The van der Waals surface area contributed by atoms with Crippen molar-refractivity contribution in [3.8, 4) is 11.3 Å². The number of carboxylic acids is 1. The molecular weight excluding hydrogens is 334 g/mol. The number of pyridine rings is 3. The first-order valence-electron chi connectivity index (χ1n) is 8.23. The van der Waals surface area contributed by atoms with E-state index in [1.807, 2.05) is 13.8 Å². The number of nitrogens with zero attached hydrogens (tertiary/aromatic N) is 3. The highest BCUT2D eigenvalue weighted by atomic mass is 16.4. The predicted molar refractivity (Wildman–Crippen MR) is 97.2 cm³/mol. The second-order valence-corrected chi connectivity index (χ2v) is 6.40. The van der Waals surface area contributed by atoms with E-state index < -0.39 is 11.4 Å². The van der Waals surface area contributed by atoms with E-state index >= 15 is 0 Å². The van der Waals surface area contributed by atoms with Crippen molar-refractivity contribution in [1.82, 2.24) is 14.5 Å². The lowest BCUT2D eigenvalue weighted by molar-refractivity contribution is 0.0694. The molecule has 0 unspecified atom stereocenters. The molecule has 3 aromatic rings. The van der Waals surface area contributed by atoms with Crippen LogP contribution in [-0.4, -0.2) is 37.3 Å². The summed E-state index contributed by atoms with van der Waals surface area (Å²) < 4.78 is 1.63. The Morgan fingerprint density at radius 3 is 2.54 bits per heavy atom. The minimum absolute atomic E-state index is 0.0345. The van der Waals surface area contributed by atoms with Crippen molar-refractivity contribution in [2.24, 2.45) is 5.92 Å². The largest absolute Gasteiger partial charge is 0.477 e. The summed E-state index contributed by atoms with van der Waals surface area (Å²) in [6, 6.07) is 4.74. The van der Waals surface area contributed by atoms with Crippen molar-refractivity contribution >= 4 is 16.9 Å². The van der Waals surface area contributed by atoms with Crippen LogP contribution in [0.1, 0.15) is 30.2 Å². The van der Waals surface area contributed by atoms with Crippen LogP contribution in [0.2, 0.25) is 0 Å². The summed E-state index contributed by atoms with van der Waals surface area (Å²) in [5, 5.41) is 19.5. The Labute approximate surface area is 149 Å². The van der Waals surface area contributed by atoms with Crippen LogP contribution >= 0.6 is 0 Å². The van der Waals surface area contributed by atoms with E-state index in [4.69, 9.17) is 0 Å². The Kier molecular flexibility index (Phi) is 4.81. The van der Waals surface area contributed by atoms with Crippen molar-refractivity contribution in [3.05, 3.63) is 58.8 Å². The Hall–Kier alpha value is -3.06. The summed E-state index contributed by atoms with van der Waals surface area (Å²) in [4.78, 5) is 32.6. The molecule has 7 nitrogen and oxygen atoms in total. The van der Waals surface area contributed by atoms with E-state index in [0.29, 0.717) is 11.2 Å². The quantitative estimate of drug-likeness (QED) is 0.729. The second-order valence-electron chi connectivity index (χ2n) is 6.40. The Balaban J connectivity index is 2.34. The van der Waals surface area contributed by atoms with Crippen LogP contribution in [0, 0.1) is 5.92 Å². The summed E-state index contributed by atoms with van der Waals surface area (Å²) in [7, 11) is 0. The van der Waals surface area contributed by atoms with Gasteiger partial charge in [-0.2, -0.15) is 0 Å². The highest BCUT2D eigenvalue weighted by molar-refractivity contribution is 5.93. The lowest BCUT2D eigenvalue weighted by Gasteiger charge is -2.24. The third-order valence-corrected chi connectivity index (χ3v) is 4.44. The average Bonchev–Trinajstić information content (AvgIpc) is 2.64. The molecule has 0 aromatic carbocycles. The van der Waals surface area contributed by atoms with Gasteiger partial charge in [0.05, 0.1) is 35.4 Å². The lowest BCUT2D eigenvalue weighted by atomic mass is 10.0. The van der Waals surface area contributed by atoms with Gasteiger partial charge in [0.15, 0.2) is 0 Å². The van der Waals surface area contributed by atoms with Crippen LogP contribution in [0.25, 0.3) is 22.2 Å². The van der Waals surface area contributed by atoms with Crippen LogP contribution in [0.5, 0.6) is 0 Å². The van der Waals surface area contributed by atoms with Gasteiger partial charge in [-0.1, -0.05) is 13.8 Å². The average molecular weight is 353 g/mol. The number of hydrogen-bond acceptors (Lipinski definition) is 5. The van der Waals surface area contributed by atoms with E-state index in [2.05, 4.69) is 9.97 Å². The highest BCUT2D eigenvalue weighted by Crippen LogP contribution is 2.25. The SMILES string of the molecule is CC(C)[C@@H](CO)n1cc(C(=O)O)c(=O)c2cc(-c3ccncc3)ncc21. The molecule has 2 N–H and O–H groups in total. The van der Waals surface area contributed by atoms with Crippen LogP contribution in [0.15, 0.2) is 47.8 Å². The molecule has 3 rings (SSSR count). The predicted octanol–water partition coefficient (Wildman–Crippen LogP) is 2.35. The first-order chi connectivity index (χ1) is 12.4. The van der Waals surface area contributed by atoms with Crippen LogP contribution in [-0.2, 0) is 0 Å². The molecule has 0 aliphatic heterocycles. The fraction of sp³-hybridized carbons (Fsp3) is 0.263. The summed E-state index contributed by atoms with van der Waals surface area (Å²) in [6.07, 6.45) is 6.08. The van der Waals surface area contributed by atoms with Crippen molar-refractivity contribution < 1.29 is 15.0 Å². The number of carbonyl (C=O) groups is 1. The lowest BCUT2D eigenvalue weighted by Crippen LogP contribution is -2.25. The van der Waals surface area contributed by atoms with Crippen molar-refractivity contribution in [2.45, 2.75) is 19.9 Å². The molecule has 0 aliphatic carbocycles. The topological polar surface area (TPSA) is 105 Å². The zero-order valence-corrected chi connectivity index (χ0v) is 14.5. The first-order valence-corrected chi connectivity index (χ1v) is 8.23. The van der Waals surface area contributed by atoms with E-state index in [-0.39, 0.29) is 29.5 Å². The molecule has 0 saturated heterocycles. The number of aromatic carboxylic acids is 1. The van der Waals surface area contributed by atoms with Gasteiger partial charge in [-0.15, -0.1) is 0 Å². The van der Waals surface area contributed by atoms with Gasteiger partial charge in [0.1, 0.15) is 5.56 Å². The molecule has 3 aromatic heterocycles. The van der Waals surface area contributed by atoms with Gasteiger partial charge in [-0.25, -0.2) is 4.79 Å². The molecule has 0 spiro atoms. The molecule has 1 atom stereocenters. The van der Waals surface area contributed by atoms with Gasteiger partial charge < -0.3 is 14.8 Å². The minimum atomic E-state index is -1.30. The Morgan fingerprint density at radius 1 is 1.27 bits per heavy atom. The molecule has 26 heavy (non-hydrogen) atoms. The molecule has 3 heterocycles. The number of carboxylic acid groups (broad SMARTS) is 1. The van der Waals surface area contributed by atoms with Gasteiger partial charge in [-0.3, -0.25) is 14.8 Å². The molecule has 7 heteroatoms. The Morgan fingerprint density at radius 2 is 1.96 bits per heavy atom. The molecule has 0 aliphatic rings. The van der Waals surface area contributed by atoms with Gasteiger partial charge in [0.25, 0.3) is 0 Å². The molecule has 0 saturated carbocycles. The van der Waals surface area contributed by atoms with Crippen molar-refractivity contribution in [2.75, 3.05) is 6.61 Å². The van der Waals surface area contributed by atoms with E-state index in [1.54, 1.807) is 41.4 Å². The van der Waals surface area contributed by atoms with Crippen LogP contribution in [0.4, 0.5) is 0 Å². The van der Waals surface area contributed by atoms with Crippen LogP contribution in [0.3, 0.4) is 0 Å². The summed E-state index contributed by atoms with van der Waals surface area (Å²) in [6.45, 7) is 3.66. The summed E-state index contributed by atoms with van der Waals surface area (Å²) >= 11 is 0. The summed E-state index contributed by atoms with van der Waals surface area (Å²) in [5.41, 5.74) is 0.920. The van der Waals surface area contributed by atoms with E-state index in [9.17, 15) is 19.8 Å². The normalized spacial score (nSPS) is 12.5. The fourth-order valence-corrected chi connectivity index (χ4v) is 2.98. The van der Waals surface area contributed by atoms with Gasteiger partial charge in [0, 0.05) is 24.2 Å². The highest BCUT2D eigenvalue weighted by Gasteiger charge is 2.21. The number of aliphatic hydroxyl groups excluding tert-OH is 1. The smallest absolute Gasteiger partial charge is 0.341 e. The van der Waals surface area contributed by atoms with Gasteiger partial charge >= 0.3 is 5.97 Å². The van der Waals surface area contributed by atoms with Gasteiger partial charge in [-0.05, 0) is 24.1 Å². The Bertz CT molecular complexity index is 1010. The third kappa shape index (κ3) is 3.09. The number of hydrogen-bond donors (Lipinski definition) is 2. The molecule has 0 fully saturated rings. The van der Waals surface area contributed by atoms with E-state index in [1.165, 1.54) is 6.20 Å². The maximum absolute atomic E-state index is 12.7. The zero-order chi connectivity index (χ0) is 18.8. The van der Waals surface area contributed by atoms with Crippen molar-refractivity contribution in [3.63, 3.8) is 0 Å². The monoisotopic (exact) mass is 353 g/mol. The third-order valence-electron chi connectivity index (χ3n) is 4.44.